The molecule has 186 valence electrons. The standard InChI is InChI=1S/C23H23F3N4O5/c1-4-10-27-20(31)19-21(32)29(13-14-6-5-7-15(11-14)23(24,25)26)22(33)30(28-19)16-8-9-17(34-2)18(12-16)35-3/h5-9,11-12H,4,10,13H2,1-3H3,(H,27,31). The Labute approximate surface area is 197 Å². The van der Waals surface area contributed by atoms with Gasteiger partial charge in [0.25, 0.3) is 11.5 Å². The number of hydrogen-bond donors (Lipinski definition) is 1. The molecular weight excluding hydrogens is 469 g/mol. The molecule has 1 heterocycles. The van der Waals surface area contributed by atoms with Crippen LogP contribution in [-0.4, -0.2) is 41.0 Å². The number of nitrogens with one attached hydrogen (secondary N) is 1. The van der Waals surface area contributed by atoms with Crippen molar-refractivity contribution < 1.29 is 27.4 Å². The topological polar surface area (TPSA) is 104 Å². The van der Waals surface area contributed by atoms with Crippen molar-refractivity contribution in [3.8, 4) is 17.2 Å². The van der Waals surface area contributed by atoms with Crippen LogP contribution in [0.3, 0.4) is 0 Å². The third-order valence-electron chi connectivity index (χ3n) is 5.02. The summed E-state index contributed by atoms with van der Waals surface area (Å²) in [6, 6.07) is 8.61. The number of rotatable bonds is 8. The molecule has 35 heavy (non-hydrogen) atoms. The van der Waals surface area contributed by atoms with Gasteiger partial charge in [0.05, 0.1) is 32.0 Å². The molecule has 9 nitrogen and oxygen atoms in total. The van der Waals surface area contributed by atoms with Gasteiger partial charge in [-0.1, -0.05) is 19.1 Å². The van der Waals surface area contributed by atoms with Crippen molar-refractivity contribution >= 4 is 5.91 Å². The Balaban J connectivity index is 2.21. The van der Waals surface area contributed by atoms with Crippen molar-refractivity contribution in [1.29, 1.82) is 0 Å². The maximum atomic E-state index is 13.3. The van der Waals surface area contributed by atoms with E-state index in [1.807, 2.05) is 6.92 Å². The molecule has 0 bridgehead atoms. The second-order valence-electron chi connectivity index (χ2n) is 7.43. The summed E-state index contributed by atoms with van der Waals surface area (Å²) in [6.07, 6.45) is -4.02. The van der Waals surface area contributed by atoms with E-state index in [2.05, 4.69) is 10.4 Å². The summed E-state index contributed by atoms with van der Waals surface area (Å²) in [5, 5.41) is 6.49. The summed E-state index contributed by atoms with van der Waals surface area (Å²) in [5.74, 6) is -0.197. The average molecular weight is 492 g/mol. The smallest absolute Gasteiger partial charge is 0.416 e. The van der Waals surface area contributed by atoms with Gasteiger partial charge in [0.2, 0.25) is 5.69 Å². The number of methoxy groups -OCH3 is 2. The molecule has 3 aromatic rings. The molecule has 12 heteroatoms. The molecule has 0 saturated carbocycles. The third-order valence-corrected chi connectivity index (χ3v) is 5.02. The number of amides is 1. The lowest BCUT2D eigenvalue weighted by atomic mass is 10.1. The Bertz CT molecular complexity index is 1350. The number of carbonyl (C=O) groups is 1. The summed E-state index contributed by atoms with van der Waals surface area (Å²) in [6.45, 7) is 1.55. The van der Waals surface area contributed by atoms with Gasteiger partial charge in [-0.15, -0.1) is 0 Å². The maximum absolute atomic E-state index is 13.3. The molecule has 0 aliphatic rings. The predicted octanol–water partition coefficient (Wildman–Crippen LogP) is 2.62. The van der Waals surface area contributed by atoms with Gasteiger partial charge < -0.3 is 14.8 Å². The highest BCUT2D eigenvalue weighted by Gasteiger charge is 2.30. The molecule has 0 fully saturated rings. The Morgan fingerprint density at radius 2 is 1.77 bits per heavy atom. The number of hydrogen-bond acceptors (Lipinski definition) is 6. The summed E-state index contributed by atoms with van der Waals surface area (Å²) >= 11 is 0. The van der Waals surface area contributed by atoms with E-state index in [0.717, 1.165) is 16.8 Å². The highest BCUT2D eigenvalue weighted by molar-refractivity contribution is 5.91. The van der Waals surface area contributed by atoms with E-state index in [4.69, 9.17) is 9.47 Å². The van der Waals surface area contributed by atoms with Crippen LogP contribution in [0.1, 0.15) is 35.0 Å². The summed E-state index contributed by atoms with van der Waals surface area (Å²) in [7, 11) is 2.81. The van der Waals surface area contributed by atoms with Crippen LogP contribution >= 0.6 is 0 Å². The van der Waals surface area contributed by atoms with E-state index >= 15 is 0 Å². The number of aromatic nitrogens is 3. The van der Waals surface area contributed by atoms with Crippen molar-refractivity contribution in [1.82, 2.24) is 19.7 Å². The SMILES string of the molecule is CCCNC(=O)c1nn(-c2ccc(OC)c(OC)c2)c(=O)n(Cc2cccc(C(F)(F)F)c2)c1=O. The normalized spacial score (nSPS) is 11.3. The van der Waals surface area contributed by atoms with Crippen LogP contribution in [0.2, 0.25) is 0 Å². The molecule has 1 N–H and O–H groups in total. The van der Waals surface area contributed by atoms with E-state index in [9.17, 15) is 27.6 Å². The van der Waals surface area contributed by atoms with E-state index in [-0.39, 0.29) is 23.5 Å². The van der Waals surface area contributed by atoms with E-state index < -0.39 is 41.1 Å². The van der Waals surface area contributed by atoms with E-state index in [0.29, 0.717) is 16.7 Å². The molecule has 0 aliphatic heterocycles. The van der Waals surface area contributed by atoms with Crippen LogP contribution in [0.25, 0.3) is 5.69 Å². The predicted molar refractivity (Wildman–Crippen MR) is 120 cm³/mol. The summed E-state index contributed by atoms with van der Waals surface area (Å²) in [4.78, 5) is 38.9. The van der Waals surface area contributed by atoms with Crippen molar-refractivity contribution in [2.45, 2.75) is 26.1 Å². The lowest BCUT2D eigenvalue weighted by molar-refractivity contribution is -0.137. The quantitative estimate of drug-likeness (QED) is 0.519. The van der Waals surface area contributed by atoms with Gasteiger partial charge in [0.1, 0.15) is 0 Å². The van der Waals surface area contributed by atoms with Crippen LogP contribution in [0.15, 0.2) is 52.1 Å². The minimum Gasteiger partial charge on any atom is -0.493 e. The van der Waals surface area contributed by atoms with Gasteiger partial charge in [0, 0.05) is 12.6 Å². The first kappa shape index (κ1) is 25.5. The zero-order valence-electron chi connectivity index (χ0n) is 19.2. The minimum absolute atomic E-state index is 0.0454. The lowest BCUT2D eigenvalue weighted by Crippen LogP contribution is -2.46. The number of halogens is 3. The minimum atomic E-state index is -4.61. The number of ether oxygens (including phenoxy) is 2. The number of nitrogens with zero attached hydrogens (tertiary/aromatic N) is 3. The van der Waals surface area contributed by atoms with Crippen LogP contribution in [0.4, 0.5) is 13.2 Å². The van der Waals surface area contributed by atoms with Gasteiger partial charge in [-0.3, -0.25) is 14.2 Å². The van der Waals surface area contributed by atoms with Crippen molar-refractivity contribution in [2.75, 3.05) is 20.8 Å². The van der Waals surface area contributed by atoms with Crippen LogP contribution < -0.4 is 26.0 Å². The summed E-state index contributed by atoms with van der Waals surface area (Å²) < 4.78 is 51.4. The fraction of sp³-hybridized carbons (Fsp3) is 0.304. The first-order valence-electron chi connectivity index (χ1n) is 10.5. The molecule has 0 radical (unpaired) electrons. The third kappa shape index (κ3) is 5.53. The Hall–Kier alpha value is -4.09. The zero-order valence-corrected chi connectivity index (χ0v) is 19.2. The first-order chi connectivity index (χ1) is 16.6. The largest absolute Gasteiger partial charge is 0.493 e. The number of carbonyl (C=O) groups excluding carboxylic acids is 1. The second kappa shape index (κ2) is 10.5. The van der Waals surface area contributed by atoms with Gasteiger partial charge in [-0.05, 0) is 36.2 Å². The van der Waals surface area contributed by atoms with Gasteiger partial charge >= 0.3 is 11.9 Å². The number of alkyl halides is 3. The molecule has 2 aromatic carbocycles. The van der Waals surface area contributed by atoms with Gasteiger partial charge in [-0.25, -0.2) is 4.79 Å². The fourth-order valence-corrected chi connectivity index (χ4v) is 3.27. The Morgan fingerprint density at radius 3 is 2.40 bits per heavy atom. The van der Waals surface area contributed by atoms with Crippen molar-refractivity contribution in [3.63, 3.8) is 0 Å². The molecule has 0 atom stereocenters. The molecular formula is C23H23F3N4O5. The Kier molecular flexibility index (Phi) is 7.62. The molecule has 1 amide bonds. The molecule has 0 unspecified atom stereocenters. The van der Waals surface area contributed by atoms with Crippen molar-refractivity contribution in [2.24, 2.45) is 0 Å². The fourth-order valence-electron chi connectivity index (χ4n) is 3.27. The summed E-state index contributed by atoms with van der Waals surface area (Å²) in [5.41, 5.74) is -3.30. The zero-order chi connectivity index (χ0) is 25.8. The van der Waals surface area contributed by atoms with Crippen molar-refractivity contribution in [3.05, 3.63) is 80.1 Å². The van der Waals surface area contributed by atoms with Gasteiger partial charge in [0.15, 0.2) is 11.5 Å². The maximum Gasteiger partial charge on any atom is 0.416 e. The Morgan fingerprint density at radius 1 is 1.06 bits per heavy atom. The highest BCUT2D eigenvalue weighted by atomic mass is 19.4. The van der Waals surface area contributed by atoms with E-state index in [1.165, 1.54) is 44.6 Å². The molecule has 0 aliphatic carbocycles. The monoisotopic (exact) mass is 492 g/mol. The van der Waals surface area contributed by atoms with Gasteiger partial charge in [-0.2, -0.15) is 23.0 Å². The second-order valence-corrected chi connectivity index (χ2v) is 7.43. The van der Waals surface area contributed by atoms with Crippen LogP contribution in [0, 0.1) is 0 Å². The van der Waals surface area contributed by atoms with Crippen LogP contribution in [0.5, 0.6) is 11.5 Å². The average Bonchev–Trinajstić information content (AvgIpc) is 2.84. The van der Waals surface area contributed by atoms with E-state index in [1.54, 1.807) is 0 Å². The first-order valence-corrected chi connectivity index (χ1v) is 10.5. The number of benzene rings is 2. The highest BCUT2D eigenvalue weighted by Crippen LogP contribution is 2.30. The molecule has 1 aromatic heterocycles. The lowest BCUT2D eigenvalue weighted by Gasteiger charge is -2.14. The molecule has 3 rings (SSSR count). The van der Waals surface area contributed by atoms with Crippen LogP contribution in [-0.2, 0) is 12.7 Å². The molecule has 0 spiro atoms. The molecule has 0 saturated heterocycles.